The van der Waals surface area contributed by atoms with Crippen LogP contribution in [0.15, 0.2) is 47.4 Å². The van der Waals surface area contributed by atoms with Crippen LogP contribution in [0.1, 0.15) is 19.4 Å². The molecule has 2 rings (SSSR count). The highest BCUT2D eigenvalue weighted by Crippen LogP contribution is 2.27. The lowest BCUT2D eigenvalue weighted by atomic mass is 10.1. The Morgan fingerprint density at radius 3 is 2.40 bits per heavy atom. The average molecular weight is 363 g/mol. The van der Waals surface area contributed by atoms with Crippen LogP contribution in [0.4, 0.5) is 5.69 Å². The van der Waals surface area contributed by atoms with Gasteiger partial charge in [-0.2, -0.15) is 0 Å². The molecule has 6 nitrogen and oxygen atoms in total. The Morgan fingerprint density at radius 1 is 1.12 bits per heavy atom. The molecule has 1 amide bonds. The fraction of sp³-hybridized carbons (Fsp3) is 0.278. The molecule has 0 saturated heterocycles. The molecule has 0 bridgehead atoms. The first-order valence-electron chi connectivity index (χ1n) is 7.93. The molecule has 0 spiro atoms. The molecule has 2 aromatic rings. The molecular weight excluding hydrogens is 342 g/mol. The predicted octanol–water partition coefficient (Wildman–Crippen LogP) is 2.77. The molecule has 0 aliphatic heterocycles. The molecule has 0 atom stereocenters. The smallest absolute Gasteiger partial charge is 0.228 e. The van der Waals surface area contributed by atoms with Gasteiger partial charge in [-0.1, -0.05) is 19.1 Å². The first-order chi connectivity index (χ1) is 11.9. The van der Waals surface area contributed by atoms with Gasteiger partial charge in [-0.15, -0.1) is 0 Å². The Bertz CT molecular complexity index is 844. The minimum Gasteiger partial charge on any atom is -0.506 e. The number of aromatic hydroxyl groups is 1. The molecule has 2 N–H and O–H groups in total. The Hall–Kier alpha value is -2.54. The molecule has 7 heteroatoms. The van der Waals surface area contributed by atoms with Crippen LogP contribution in [0.2, 0.25) is 0 Å². The van der Waals surface area contributed by atoms with Crippen LogP contribution in [-0.4, -0.2) is 31.8 Å². The van der Waals surface area contributed by atoms with Crippen LogP contribution >= 0.6 is 0 Å². The van der Waals surface area contributed by atoms with Crippen molar-refractivity contribution in [2.24, 2.45) is 0 Å². The summed E-state index contributed by atoms with van der Waals surface area (Å²) in [7, 11) is -3.42. The standard InChI is InChI=1S/C18H21NO5S/c1-3-24-14-7-5-13(6-8-14)11-18(21)19-16-12-15(9-10-17(16)20)25(22,23)4-2/h5-10,12,20H,3-4,11H2,1-2H3,(H,19,21). The van der Waals surface area contributed by atoms with Gasteiger partial charge < -0.3 is 15.2 Å². The Balaban J connectivity index is 2.11. The summed E-state index contributed by atoms with van der Waals surface area (Å²) in [5.74, 6) is 0.125. The van der Waals surface area contributed by atoms with E-state index in [-0.39, 0.29) is 34.4 Å². The second-order valence-electron chi connectivity index (χ2n) is 5.38. The van der Waals surface area contributed by atoms with Gasteiger partial charge in [-0.25, -0.2) is 8.42 Å². The lowest BCUT2D eigenvalue weighted by molar-refractivity contribution is -0.115. The maximum absolute atomic E-state index is 12.2. The van der Waals surface area contributed by atoms with Gasteiger partial charge in [-0.05, 0) is 42.8 Å². The Labute approximate surface area is 147 Å². The number of carbonyl (C=O) groups is 1. The van der Waals surface area contributed by atoms with Crippen LogP contribution in [0, 0.1) is 0 Å². The van der Waals surface area contributed by atoms with E-state index in [0.29, 0.717) is 6.61 Å². The molecular formula is C18H21NO5S. The van der Waals surface area contributed by atoms with Gasteiger partial charge >= 0.3 is 0 Å². The van der Waals surface area contributed by atoms with E-state index in [9.17, 15) is 18.3 Å². The van der Waals surface area contributed by atoms with Gasteiger partial charge in [0.25, 0.3) is 0 Å². The lowest BCUT2D eigenvalue weighted by Crippen LogP contribution is -2.15. The van der Waals surface area contributed by atoms with E-state index >= 15 is 0 Å². The first kappa shape index (κ1) is 18.8. The molecule has 0 aromatic heterocycles. The predicted molar refractivity (Wildman–Crippen MR) is 95.8 cm³/mol. The summed E-state index contributed by atoms with van der Waals surface area (Å²) in [5.41, 5.74) is 0.850. The number of sulfone groups is 1. The number of benzene rings is 2. The van der Waals surface area contributed by atoms with Crippen molar-refractivity contribution in [3.63, 3.8) is 0 Å². The third-order valence-corrected chi connectivity index (χ3v) is 5.31. The van der Waals surface area contributed by atoms with Crippen molar-refractivity contribution in [1.82, 2.24) is 0 Å². The summed E-state index contributed by atoms with van der Waals surface area (Å²) < 4.78 is 29.2. The molecule has 0 unspecified atom stereocenters. The zero-order chi connectivity index (χ0) is 18.4. The van der Waals surface area contributed by atoms with Crippen LogP contribution in [0.5, 0.6) is 11.5 Å². The van der Waals surface area contributed by atoms with Crippen molar-refractivity contribution in [1.29, 1.82) is 0 Å². The fourth-order valence-electron chi connectivity index (χ4n) is 2.23. The highest BCUT2D eigenvalue weighted by Gasteiger charge is 2.15. The van der Waals surface area contributed by atoms with Crippen molar-refractivity contribution in [2.45, 2.75) is 25.2 Å². The van der Waals surface area contributed by atoms with Crippen LogP contribution in [-0.2, 0) is 21.1 Å². The van der Waals surface area contributed by atoms with Gasteiger partial charge in [0.15, 0.2) is 9.84 Å². The summed E-state index contributed by atoms with van der Waals surface area (Å²) >= 11 is 0. The van der Waals surface area contributed by atoms with Crippen molar-refractivity contribution in [3.8, 4) is 11.5 Å². The second kappa shape index (κ2) is 8.02. The number of hydrogen-bond donors (Lipinski definition) is 2. The summed E-state index contributed by atoms with van der Waals surface area (Å²) in [6.45, 7) is 3.99. The summed E-state index contributed by atoms with van der Waals surface area (Å²) in [6, 6.07) is 11.0. The molecule has 25 heavy (non-hydrogen) atoms. The van der Waals surface area contributed by atoms with E-state index in [4.69, 9.17) is 4.74 Å². The molecule has 134 valence electrons. The second-order valence-corrected chi connectivity index (χ2v) is 7.66. The molecule has 0 radical (unpaired) electrons. The quantitative estimate of drug-likeness (QED) is 0.738. The Morgan fingerprint density at radius 2 is 1.80 bits per heavy atom. The lowest BCUT2D eigenvalue weighted by Gasteiger charge is -2.10. The summed E-state index contributed by atoms with van der Waals surface area (Å²) in [4.78, 5) is 12.2. The van der Waals surface area contributed by atoms with Crippen molar-refractivity contribution >= 4 is 21.4 Å². The summed E-state index contributed by atoms with van der Waals surface area (Å²) in [5, 5.41) is 12.4. The topological polar surface area (TPSA) is 92.7 Å². The van der Waals surface area contributed by atoms with Crippen molar-refractivity contribution in [2.75, 3.05) is 17.7 Å². The number of carbonyl (C=O) groups excluding carboxylic acids is 1. The number of rotatable bonds is 7. The summed E-state index contributed by atoms with van der Waals surface area (Å²) in [6.07, 6.45) is 0.0938. The highest BCUT2D eigenvalue weighted by atomic mass is 32.2. The van der Waals surface area contributed by atoms with E-state index in [0.717, 1.165) is 11.3 Å². The minimum atomic E-state index is -3.42. The monoisotopic (exact) mass is 363 g/mol. The van der Waals surface area contributed by atoms with E-state index in [1.54, 1.807) is 24.3 Å². The highest BCUT2D eigenvalue weighted by molar-refractivity contribution is 7.91. The fourth-order valence-corrected chi connectivity index (χ4v) is 3.13. The average Bonchev–Trinajstić information content (AvgIpc) is 2.58. The number of hydrogen-bond acceptors (Lipinski definition) is 5. The van der Waals surface area contributed by atoms with E-state index in [2.05, 4.69) is 5.32 Å². The maximum Gasteiger partial charge on any atom is 0.228 e. The molecule has 2 aromatic carbocycles. The van der Waals surface area contributed by atoms with E-state index < -0.39 is 9.84 Å². The third kappa shape index (κ3) is 4.96. The normalized spacial score (nSPS) is 11.1. The number of anilines is 1. The molecule has 0 heterocycles. The van der Waals surface area contributed by atoms with Crippen molar-refractivity contribution < 1.29 is 23.1 Å². The van der Waals surface area contributed by atoms with Crippen LogP contribution < -0.4 is 10.1 Å². The third-order valence-electron chi connectivity index (χ3n) is 3.58. The largest absolute Gasteiger partial charge is 0.506 e. The number of phenolic OH excluding ortho intramolecular Hbond substituents is 1. The van der Waals surface area contributed by atoms with Gasteiger partial charge in [0, 0.05) is 0 Å². The maximum atomic E-state index is 12.2. The molecule has 0 aliphatic carbocycles. The first-order valence-corrected chi connectivity index (χ1v) is 9.58. The van der Waals surface area contributed by atoms with E-state index in [1.807, 2.05) is 6.92 Å². The SMILES string of the molecule is CCOc1ccc(CC(=O)Nc2cc(S(=O)(=O)CC)ccc2O)cc1. The number of phenols is 1. The van der Waals surface area contributed by atoms with Crippen LogP contribution in [0.25, 0.3) is 0 Å². The Kier molecular flexibility index (Phi) is 6.03. The number of amides is 1. The zero-order valence-electron chi connectivity index (χ0n) is 14.2. The van der Waals surface area contributed by atoms with E-state index in [1.165, 1.54) is 25.1 Å². The zero-order valence-corrected chi connectivity index (χ0v) is 15.0. The minimum absolute atomic E-state index is 0.0582. The van der Waals surface area contributed by atoms with Gasteiger partial charge in [0.05, 0.1) is 29.4 Å². The number of ether oxygens (including phenoxy) is 1. The van der Waals surface area contributed by atoms with Gasteiger partial charge in [0.1, 0.15) is 11.5 Å². The molecule has 0 saturated carbocycles. The molecule has 0 aliphatic rings. The van der Waals surface area contributed by atoms with Gasteiger partial charge in [0.2, 0.25) is 5.91 Å². The number of nitrogens with one attached hydrogen (secondary N) is 1. The van der Waals surface area contributed by atoms with Crippen molar-refractivity contribution in [3.05, 3.63) is 48.0 Å². The molecule has 0 fully saturated rings. The van der Waals surface area contributed by atoms with Gasteiger partial charge in [-0.3, -0.25) is 4.79 Å². The van der Waals surface area contributed by atoms with Crippen LogP contribution in [0.3, 0.4) is 0 Å².